The van der Waals surface area contributed by atoms with Gasteiger partial charge in [-0.25, -0.2) is 9.59 Å². The van der Waals surface area contributed by atoms with Crippen LogP contribution in [0, 0.1) is 12.8 Å². The highest BCUT2D eigenvalue weighted by Gasteiger charge is 2.51. The van der Waals surface area contributed by atoms with Gasteiger partial charge in [0.15, 0.2) is 0 Å². The van der Waals surface area contributed by atoms with Gasteiger partial charge in [0, 0.05) is 10.6 Å². The summed E-state index contributed by atoms with van der Waals surface area (Å²) in [7, 11) is 1.26. The number of thiophene rings is 1. The maximum absolute atomic E-state index is 13.0. The van der Waals surface area contributed by atoms with Crippen LogP contribution in [0.4, 0.5) is 10.5 Å². The molecule has 8 heteroatoms. The number of methoxy groups -OCH3 is 1. The number of carbonyl (C=O) groups is 3. The minimum Gasteiger partial charge on any atom is -0.480 e. The summed E-state index contributed by atoms with van der Waals surface area (Å²) >= 11 is 1.37. The van der Waals surface area contributed by atoms with Crippen molar-refractivity contribution in [3.05, 3.63) is 52.2 Å². The first-order valence-corrected chi connectivity index (χ1v) is 9.30. The predicted molar refractivity (Wildman–Crippen MR) is 101 cm³/mol. The number of hydrogen-bond acceptors (Lipinski definition) is 5. The second kappa shape index (κ2) is 7.79. The van der Waals surface area contributed by atoms with Crippen molar-refractivity contribution < 1.29 is 24.2 Å². The summed E-state index contributed by atoms with van der Waals surface area (Å²) in [4.78, 5) is 39.1. The molecule has 1 aromatic heterocycles. The SMILES string of the molecule is COC(=O)C1CC(C(=O)O)N(C(=O)Nc2ccc(C)cc2)C1c1cccs1. The van der Waals surface area contributed by atoms with E-state index in [0.717, 1.165) is 10.4 Å². The zero-order valence-electron chi connectivity index (χ0n) is 14.9. The number of esters is 1. The number of anilines is 1. The minimum absolute atomic E-state index is 0.00584. The second-order valence-corrected chi connectivity index (χ2v) is 7.36. The van der Waals surface area contributed by atoms with Crippen molar-refractivity contribution >= 4 is 35.0 Å². The molecule has 2 aromatic rings. The van der Waals surface area contributed by atoms with Crippen LogP contribution in [0.25, 0.3) is 0 Å². The average molecular weight is 388 g/mol. The molecule has 7 nitrogen and oxygen atoms in total. The van der Waals surface area contributed by atoms with E-state index in [1.165, 1.54) is 23.3 Å². The van der Waals surface area contributed by atoms with Crippen molar-refractivity contribution in [2.75, 3.05) is 12.4 Å². The molecule has 27 heavy (non-hydrogen) atoms. The molecule has 1 aliphatic heterocycles. The van der Waals surface area contributed by atoms with Crippen molar-refractivity contribution in [3.63, 3.8) is 0 Å². The Kier molecular flexibility index (Phi) is 5.46. The molecule has 1 aromatic carbocycles. The molecule has 3 unspecified atom stereocenters. The van der Waals surface area contributed by atoms with Gasteiger partial charge in [0.1, 0.15) is 6.04 Å². The highest BCUT2D eigenvalue weighted by molar-refractivity contribution is 7.10. The molecular formula is C19H20N2O5S. The predicted octanol–water partition coefficient (Wildman–Crippen LogP) is 3.28. The molecule has 142 valence electrons. The van der Waals surface area contributed by atoms with E-state index in [4.69, 9.17) is 4.74 Å². The lowest BCUT2D eigenvalue weighted by molar-refractivity contribution is -0.146. The van der Waals surface area contributed by atoms with E-state index in [2.05, 4.69) is 5.32 Å². The third-order valence-electron chi connectivity index (χ3n) is 4.65. The van der Waals surface area contributed by atoms with Gasteiger partial charge in [-0.15, -0.1) is 11.3 Å². The van der Waals surface area contributed by atoms with Crippen LogP contribution in [0.15, 0.2) is 41.8 Å². The van der Waals surface area contributed by atoms with Crippen LogP contribution >= 0.6 is 11.3 Å². The maximum atomic E-state index is 13.0. The van der Waals surface area contributed by atoms with Crippen LogP contribution in [0.1, 0.15) is 22.9 Å². The van der Waals surface area contributed by atoms with Gasteiger partial charge >= 0.3 is 18.0 Å². The lowest BCUT2D eigenvalue weighted by Gasteiger charge is -2.29. The number of ether oxygens (including phenoxy) is 1. The third kappa shape index (κ3) is 3.80. The number of benzene rings is 1. The Labute approximate surface area is 160 Å². The van der Waals surface area contributed by atoms with Gasteiger partial charge in [0.25, 0.3) is 0 Å². The first-order valence-electron chi connectivity index (χ1n) is 8.42. The lowest BCUT2D eigenvalue weighted by Crippen LogP contribution is -2.44. The third-order valence-corrected chi connectivity index (χ3v) is 5.60. The molecule has 2 N–H and O–H groups in total. The summed E-state index contributed by atoms with van der Waals surface area (Å²) in [5, 5.41) is 14.2. The molecule has 0 spiro atoms. The molecule has 3 rings (SSSR count). The number of rotatable bonds is 4. The molecule has 1 saturated heterocycles. The molecule has 0 radical (unpaired) electrons. The maximum Gasteiger partial charge on any atom is 0.326 e. The van der Waals surface area contributed by atoms with Crippen LogP contribution in [-0.4, -0.2) is 41.1 Å². The summed E-state index contributed by atoms with van der Waals surface area (Å²) in [5.41, 5.74) is 1.60. The monoisotopic (exact) mass is 388 g/mol. The molecule has 0 aliphatic carbocycles. The highest BCUT2D eigenvalue weighted by atomic mass is 32.1. The summed E-state index contributed by atoms with van der Waals surface area (Å²) in [6, 6.07) is 8.42. The summed E-state index contributed by atoms with van der Waals surface area (Å²) in [6.45, 7) is 1.93. The number of nitrogens with one attached hydrogen (secondary N) is 1. The van der Waals surface area contributed by atoms with Crippen LogP contribution in [0.2, 0.25) is 0 Å². The zero-order chi connectivity index (χ0) is 19.6. The molecule has 0 bridgehead atoms. The highest BCUT2D eigenvalue weighted by Crippen LogP contribution is 2.43. The normalized spacial score (nSPS) is 21.7. The van der Waals surface area contributed by atoms with Gasteiger partial charge in [0.05, 0.1) is 19.1 Å². The number of hydrogen-bond donors (Lipinski definition) is 2. The topological polar surface area (TPSA) is 95.9 Å². The first kappa shape index (κ1) is 18.9. The van der Waals surface area contributed by atoms with Gasteiger partial charge in [-0.3, -0.25) is 4.79 Å². The number of likely N-dealkylation sites (tertiary alicyclic amines) is 1. The van der Waals surface area contributed by atoms with Crippen molar-refractivity contribution in [1.29, 1.82) is 0 Å². The van der Waals surface area contributed by atoms with Crippen molar-refractivity contribution in [2.24, 2.45) is 5.92 Å². The Morgan fingerprint density at radius 1 is 1.22 bits per heavy atom. The number of aliphatic carboxylic acids is 1. The fourth-order valence-corrected chi connectivity index (χ4v) is 4.24. The Balaban J connectivity index is 1.96. The molecule has 1 fully saturated rings. The molecule has 2 heterocycles. The van der Waals surface area contributed by atoms with E-state index < -0.39 is 36.0 Å². The Hall–Kier alpha value is -2.87. The van der Waals surface area contributed by atoms with Crippen molar-refractivity contribution in [2.45, 2.75) is 25.4 Å². The van der Waals surface area contributed by atoms with E-state index >= 15 is 0 Å². The smallest absolute Gasteiger partial charge is 0.326 e. The van der Waals surface area contributed by atoms with Gasteiger partial charge < -0.3 is 20.1 Å². The van der Waals surface area contributed by atoms with E-state index in [-0.39, 0.29) is 6.42 Å². The van der Waals surface area contributed by atoms with Gasteiger partial charge in [-0.1, -0.05) is 23.8 Å². The fourth-order valence-electron chi connectivity index (χ4n) is 3.35. The lowest BCUT2D eigenvalue weighted by atomic mass is 9.98. The van der Waals surface area contributed by atoms with Crippen LogP contribution in [0.5, 0.6) is 0 Å². The zero-order valence-corrected chi connectivity index (χ0v) is 15.7. The van der Waals surface area contributed by atoms with Crippen molar-refractivity contribution in [3.8, 4) is 0 Å². The van der Waals surface area contributed by atoms with E-state index in [1.807, 2.05) is 24.4 Å². The number of carboxylic acid groups (broad SMARTS) is 1. The number of carbonyl (C=O) groups excluding carboxylic acids is 2. The Bertz CT molecular complexity index is 834. The van der Waals surface area contributed by atoms with Gasteiger partial charge in [0.2, 0.25) is 0 Å². The quantitative estimate of drug-likeness (QED) is 0.784. The summed E-state index contributed by atoms with van der Waals surface area (Å²) < 4.78 is 4.86. The van der Waals surface area contributed by atoms with Gasteiger partial charge in [-0.2, -0.15) is 0 Å². The number of amides is 2. The second-order valence-electron chi connectivity index (χ2n) is 6.38. The Morgan fingerprint density at radius 3 is 2.48 bits per heavy atom. The van der Waals surface area contributed by atoms with Crippen molar-refractivity contribution in [1.82, 2.24) is 4.90 Å². The van der Waals surface area contributed by atoms with Crippen LogP contribution < -0.4 is 5.32 Å². The van der Waals surface area contributed by atoms with E-state index in [0.29, 0.717) is 5.69 Å². The molecule has 2 amide bonds. The van der Waals surface area contributed by atoms with Crippen LogP contribution in [-0.2, 0) is 14.3 Å². The molecular weight excluding hydrogens is 368 g/mol. The van der Waals surface area contributed by atoms with Gasteiger partial charge in [-0.05, 0) is 36.9 Å². The summed E-state index contributed by atoms with van der Waals surface area (Å²) in [6.07, 6.45) is 0.00584. The largest absolute Gasteiger partial charge is 0.480 e. The molecule has 3 atom stereocenters. The number of urea groups is 1. The number of carboxylic acids is 1. The molecule has 0 saturated carbocycles. The number of aryl methyl sites for hydroxylation is 1. The van der Waals surface area contributed by atoms with E-state index in [1.54, 1.807) is 24.3 Å². The summed E-state index contributed by atoms with van der Waals surface area (Å²) in [5.74, 6) is -2.41. The van der Waals surface area contributed by atoms with E-state index in [9.17, 15) is 19.5 Å². The van der Waals surface area contributed by atoms with Crippen LogP contribution in [0.3, 0.4) is 0 Å². The first-order chi connectivity index (χ1) is 12.9. The fraction of sp³-hybridized carbons (Fsp3) is 0.316. The standard InChI is InChI=1S/C19H20N2O5S/c1-11-5-7-12(8-6-11)20-19(25)21-14(17(22)23)10-13(18(24)26-2)16(21)15-4-3-9-27-15/h3-9,13-14,16H,10H2,1-2H3,(H,20,25)(H,22,23). The average Bonchev–Trinajstić information content (AvgIpc) is 3.30. The number of nitrogens with zero attached hydrogens (tertiary/aromatic N) is 1. The molecule has 1 aliphatic rings. The Morgan fingerprint density at radius 2 is 1.93 bits per heavy atom. The minimum atomic E-state index is -1.15.